The van der Waals surface area contributed by atoms with Gasteiger partial charge in [-0.05, 0) is 54.3 Å². The van der Waals surface area contributed by atoms with E-state index in [0.29, 0.717) is 32.1 Å². The zero-order valence-corrected chi connectivity index (χ0v) is 18.1. The summed E-state index contributed by atoms with van der Waals surface area (Å²) < 4.78 is 5.36. The fraction of sp³-hybridized carbons (Fsp3) is 0.0952. The summed E-state index contributed by atoms with van der Waals surface area (Å²) in [5.74, 6) is -0.228. The van der Waals surface area contributed by atoms with Crippen molar-refractivity contribution in [3.63, 3.8) is 0 Å². The van der Waals surface area contributed by atoms with Crippen molar-refractivity contribution in [1.29, 1.82) is 0 Å². The normalized spacial score (nSPS) is 11.1. The van der Waals surface area contributed by atoms with Crippen molar-refractivity contribution in [3.8, 4) is 5.75 Å². The van der Waals surface area contributed by atoms with Gasteiger partial charge in [0.2, 0.25) is 0 Å². The van der Waals surface area contributed by atoms with Crippen molar-refractivity contribution in [2.75, 3.05) is 11.9 Å². The van der Waals surface area contributed by atoms with E-state index in [4.69, 9.17) is 27.9 Å². The van der Waals surface area contributed by atoms with Gasteiger partial charge in [0.05, 0.1) is 15.6 Å². The number of rotatable bonds is 7. The Labute approximate surface area is 187 Å². The number of anilines is 1. The van der Waals surface area contributed by atoms with Crippen LogP contribution in [0.3, 0.4) is 0 Å². The minimum Gasteiger partial charge on any atom is -0.482 e. The van der Waals surface area contributed by atoms with Crippen molar-refractivity contribution in [1.82, 2.24) is 5.43 Å². The Morgan fingerprint density at radius 1 is 1.10 bits per heavy atom. The number of thiophene rings is 1. The molecule has 2 amide bonds. The number of halogens is 2. The lowest BCUT2D eigenvalue weighted by Crippen LogP contribution is -2.25. The molecule has 0 aliphatic carbocycles. The molecule has 3 aromatic rings. The summed E-state index contributed by atoms with van der Waals surface area (Å²) in [5.41, 5.74) is 4.50. The van der Waals surface area contributed by atoms with Gasteiger partial charge in [-0.1, -0.05) is 41.4 Å². The summed E-state index contributed by atoms with van der Waals surface area (Å²) in [6.45, 7) is 1.52. The molecule has 0 atom stereocenters. The number of carbonyl (C=O) groups excluding carboxylic acids is 2. The maximum Gasteiger partial charge on any atom is 0.277 e. The standard InChI is InChI=1S/C21H17Cl2N3O3S/c1-13(25-26-20(27)12-29-18-9-6-15(22)11-17(18)23)14-4-7-16(8-5-14)24-21(28)19-3-2-10-30-19/h2-11H,12H2,1H3,(H,24,28)(H,26,27)/b25-13+. The number of amides is 2. The molecule has 1 aromatic heterocycles. The smallest absolute Gasteiger partial charge is 0.277 e. The second-order valence-electron chi connectivity index (χ2n) is 6.10. The quantitative estimate of drug-likeness (QED) is 0.373. The molecule has 3 rings (SSSR count). The first-order valence-electron chi connectivity index (χ1n) is 8.78. The maximum absolute atomic E-state index is 12.1. The first kappa shape index (κ1) is 21.8. The number of benzene rings is 2. The number of nitrogens with one attached hydrogen (secondary N) is 2. The average molecular weight is 462 g/mol. The van der Waals surface area contributed by atoms with Crippen LogP contribution in [-0.2, 0) is 4.79 Å². The van der Waals surface area contributed by atoms with E-state index in [1.807, 2.05) is 11.4 Å². The number of carbonyl (C=O) groups is 2. The van der Waals surface area contributed by atoms with E-state index in [-0.39, 0.29) is 12.5 Å². The fourth-order valence-electron chi connectivity index (χ4n) is 2.37. The highest BCUT2D eigenvalue weighted by Gasteiger charge is 2.08. The van der Waals surface area contributed by atoms with E-state index in [1.54, 1.807) is 49.4 Å². The van der Waals surface area contributed by atoms with Gasteiger partial charge < -0.3 is 10.1 Å². The Bertz CT molecular complexity index is 1070. The van der Waals surface area contributed by atoms with Crippen LogP contribution < -0.4 is 15.5 Å². The summed E-state index contributed by atoms with van der Waals surface area (Å²) >= 11 is 13.2. The molecule has 0 spiro atoms. The number of hydrazone groups is 1. The molecular formula is C21H17Cl2N3O3S. The van der Waals surface area contributed by atoms with Crippen LogP contribution in [0.4, 0.5) is 5.69 Å². The maximum atomic E-state index is 12.1. The van der Waals surface area contributed by atoms with Crippen LogP contribution in [0.2, 0.25) is 10.0 Å². The number of hydrogen-bond acceptors (Lipinski definition) is 5. The molecule has 154 valence electrons. The summed E-state index contributed by atoms with van der Waals surface area (Å²) in [6.07, 6.45) is 0. The Hall–Kier alpha value is -2.87. The van der Waals surface area contributed by atoms with E-state index >= 15 is 0 Å². The second-order valence-corrected chi connectivity index (χ2v) is 7.90. The third-order valence-electron chi connectivity index (χ3n) is 3.91. The molecule has 6 nitrogen and oxygen atoms in total. The number of nitrogens with zero attached hydrogens (tertiary/aromatic N) is 1. The molecule has 1 heterocycles. The van der Waals surface area contributed by atoms with Crippen molar-refractivity contribution in [3.05, 3.63) is 80.5 Å². The van der Waals surface area contributed by atoms with Gasteiger partial charge in [-0.2, -0.15) is 5.10 Å². The zero-order valence-electron chi connectivity index (χ0n) is 15.8. The molecule has 30 heavy (non-hydrogen) atoms. The minimum absolute atomic E-state index is 0.156. The molecule has 0 radical (unpaired) electrons. The van der Waals surface area contributed by atoms with Crippen molar-refractivity contribution in [2.24, 2.45) is 5.10 Å². The van der Waals surface area contributed by atoms with Gasteiger partial charge in [-0.3, -0.25) is 9.59 Å². The number of ether oxygens (including phenoxy) is 1. The van der Waals surface area contributed by atoms with Crippen molar-refractivity contribution in [2.45, 2.75) is 6.92 Å². The molecule has 0 aliphatic rings. The zero-order chi connectivity index (χ0) is 21.5. The Morgan fingerprint density at radius 2 is 1.87 bits per heavy atom. The summed E-state index contributed by atoms with van der Waals surface area (Å²) in [6, 6.07) is 15.5. The average Bonchev–Trinajstić information content (AvgIpc) is 3.27. The predicted octanol–water partition coefficient (Wildman–Crippen LogP) is 5.23. The molecule has 0 saturated carbocycles. The fourth-order valence-corrected chi connectivity index (χ4v) is 3.46. The molecular weight excluding hydrogens is 445 g/mol. The topological polar surface area (TPSA) is 79.8 Å². The van der Waals surface area contributed by atoms with Crippen LogP contribution in [0.1, 0.15) is 22.2 Å². The minimum atomic E-state index is -0.430. The molecule has 0 fully saturated rings. The van der Waals surface area contributed by atoms with E-state index in [0.717, 1.165) is 5.56 Å². The summed E-state index contributed by atoms with van der Waals surface area (Å²) in [5, 5.41) is 9.55. The monoisotopic (exact) mass is 461 g/mol. The highest BCUT2D eigenvalue weighted by Crippen LogP contribution is 2.27. The number of hydrogen-bond donors (Lipinski definition) is 2. The van der Waals surface area contributed by atoms with Crippen LogP contribution in [-0.4, -0.2) is 24.1 Å². The summed E-state index contributed by atoms with van der Waals surface area (Å²) in [4.78, 5) is 24.7. The molecule has 2 N–H and O–H groups in total. The Kier molecular flexibility index (Phi) is 7.46. The lowest BCUT2D eigenvalue weighted by atomic mass is 10.1. The summed E-state index contributed by atoms with van der Waals surface area (Å²) in [7, 11) is 0. The Balaban J connectivity index is 1.52. The van der Waals surface area contributed by atoms with Gasteiger partial charge >= 0.3 is 0 Å². The molecule has 0 aliphatic heterocycles. The van der Waals surface area contributed by atoms with Crippen LogP contribution in [0.5, 0.6) is 5.75 Å². The highest BCUT2D eigenvalue weighted by molar-refractivity contribution is 7.12. The van der Waals surface area contributed by atoms with Gasteiger partial charge in [0.25, 0.3) is 11.8 Å². The molecule has 0 saturated heterocycles. The van der Waals surface area contributed by atoms with Gasteiger partial charge in [0.1, 0.15) is 5.75 Å². The van der Waals surface area contributed by atoms with E-state index < -0.39 is 5.91 Å². The van der Waals surface area contributed by atoms with Gasteiger partial charge in [0.15, 0.2) is 6.61 Å². The molecule has 2 aromatic carbocycles. The lowest BCUT2D eigenvalue weighted by Gasteiger charge is -2.08. The Morgan fingerprint density at radius 3 is 2.53 bits per heavy atom. The van der Waals surface area contributed by atoms with Gasteiger partial charge in [-0.15, -0.1) is 11.3 Å². The van der Waals surface area contributed by atoms with Crippen LogP contribution >= 0.6 is 34.5 Å². The third kappa shape index (κ3) is 6.06. The molecule has 0 bridgehead atoms. The highest BCUT2D eigenvalue weighted by atomic mass is 35.5. The van der Waals surface area contributed by atoms with Crippen molar-refractivity contribution >= 4 is 57.8 Å². The lowest BCUT2D eigenvalue weighted by molar-refractivity contribution is -0.123. The van der Waals surface area contributed by atoms with E-state index in [2.05, 4.69) is 15.8 Å². The largest absolute Gasteiger partial charge is 0.482 e. The van der Waals surface area contributed by atoms with E-state index in [9.17, 15) is 9.59 Å². The van der Waals surface area contributed by atoms with Crippen LogP contribution in [0, 0.1) is 0 Å². The second kappa shape index (κ2) is 10.2. The first-order chi connectivity index (χ1) is 14.4. The van der Waals surface area contributed by atoms with Crippen LogP contribution in [0.25, 0.3) is 0 Å². The SMILES string of the molecule is C/C(=N\NC(=O)COc1ccc(Cl)cc1Cl)c1ccc(NC(=O)c2cccs2)cc1. The van der Waals surface area contributed by atoms with Gasteiger partial charge in [-0.25, -0.2) is 5.43 Å². The molecule has 9 heteroatoms. The molecule has 0 unspecified atom stereocenters. The van der Waals surface area contributed by atoms with E-state index in [1.165, 1.54) is 17.4 Å². The first-order valence-corrected chi connectivity index (χ1v) is 10.4. The van der Waals surface area contributed by atoms with Gasteiger partial charge in [0, 0.05) is 10.7 Å². The third-order valence-corrected chi connectivity index (χ3v) is 5.31. The predicted molar refractivity (Wildman–Crippen MR) is 121 cm³/mol. The van der Waals surface area contributed by atoms with Crippen LogP contribution in [0.15, 0.2) is 65.1 Å². The van der Waals surface area contributed by atoms with Crippen molar-refractivity contribution < 1.29 is 14.3 Å².